The van der Waals surface area contributed by atoms with Crippen molar-refractivity contribution in [3.8, 4) is 5.75 Å². The number of hydrogen-bond acceptors (Lipinski definition) is 3. The quantitative estimate of drug-likeness (QED) is 0.938. The summed E-state index contributed by atoms with van der Waals surface area (Å²) >= 11 is 0. The molecule has 0 aromatic heterocycles. The molecule has 2 atom stereocenters. The Bertz CT molecular complexity index is 624. The first kappa shape index (κ1) is 14.9. The predicted octanol–water partition coefficient (Wildman–Crippen LogP) is 3.43. The van der Waals surface area contributed by atoms with Crippen molar-refractivity contribution in [2.45, 2.75) is 19.4 Å². The predicted molar refractivity (Wildman–Crippen MR) is 89.5 cm³/mol. The summed E-state index contributed by atoms with van der Waals surface area (Å²) in [4.78, 5) is 2.41. The minimum absolute atomic E-state index is 0.184. The van der Waals surface area contributed by atoms with Crippen LogP contribution in [0.15, 0.2) is 48.5 Å². The van der Waals surface area contributed by atoms with E-state index in [1.54, 1.807) is 7.11 Å². The van der Waals surface area contributed by atoms with E-state index in [0.717, 1.165) is 18.7 Å². The van der Waals surface area contributed by atoms with E-state index in [4.69, 9.17) is 4.74 Å². The highest BCUT2D eigenvalue weighted by Crippen LogP contribution is 2.38. The van der Waals surface area contributed by atoms with Crippen LogP contribution < -0.4 is 9.64 Å². The molecule has 3 rings (SSSR count). The number of benzene rings is 2. The third kappa shape index (κ3) is 2.69. The first-order valence-corrected chi connectivity index (χ1v) is 7.84. The molecule has 0 radical (unpaired) electrons. The number of hydrogen-bond donors (Lipinski definition) is 1. The molecule has 22 heavy (non-hydrogen) atoms. The number of rotatable bonds is 4. The fourth-order valence-electron chi connectivity index (χ4n) is 3.38. The van der Waals surface area contributed by atoms with E-state index >= 15 is 0 Å². The highest BCUT2D eigenvalue weighted by molar-refractivity contribution is 5.54. The molecule has 116 valence electrons. The Hall–Kier alpha value is -2.00. The summed E-state index contributed by atoms with van der Waals surface area (Å²) in [6, 6.07) is 17.0. The maximum absolute atomic E-state index is 9.71. The number of aliphatic hydroxyl groups is 1. The smallest absolute Gasteiger partial charge is 0.119 e. The van der Waals surface area contributed by atoms with E-state index in [1.807, 2.05) is 12.1 Å². The summed E-state index contributed by atoms with van der Waals surface area (Å²) < 4.78 is 5.25. The van der Waals surface area contributed by atoms with Crippen LogP contribution in [0.5, 0.6) is 5.75 Å². The van der Waals surface area contributed by atoms with Gasteiger partial charge in [-0.3, -0.25) is 0 Å². The largest absolute Gasteiger partial charge is 0.497 e. The molecule has 2 aromatic carbocycles. The van der Waals surface area contributed by atoms with Crippen molar-refractivity contribution in [1.29, 1.82) is 0 Å². The second kappa shape index (κ2) is 6.41. The molecular weight excluding hydrogens is 274 g/mol. The maximum atomic E-state index is 9.71. The number of nitrogens with zero attached hydrogens (tertiary/aromatic N) is 1. The van der Waals surface area contributed by atoms with Gasteiger partial charge in [0.2, 0.25) is 0 Å². The van der Waals surface area contributed by atoms with Crippen LogP contribution in [-0.4, -0.2) is 25.4 Å². The Morgan fingerprint density at radius 3 is 2.59 bits per heavy atom. The number of methoxy groups -OCH3 is 1. The molecule has 0 saturated carbocycles. The molecule has 3 heteroatoms. The first-order chi connectivity index (χ1) is 10.7. The van der Waals surface area contributed by atoms with Gasteiger partial charge in [-0.1, -0.05) is 31.2 Å². The van der Waals surface area contributed by atoms with Crippen molar-refractivity contribution in [2.24, 2.45) is 5.92 Å². The van der Waals surface area contributed by atoms with Crippen LogP contribution in [-0.2, 0) is 6.42 Å². The van der Waals surface area contributed by atoms with Crippen molar-refractivity contribution >= 4 is 5.69 Å². The highest BCUT2D eigenvalue weighted by Gasteiger charge is 2.31. The standard InChI is InChI=1S/C19H23NO2/c1-14(13-21)19-18-6-4-3-5-15(18)11-12-20(19)16-7-9-17(22-2)10-8-16/h3-10,14,19,21H,11-13H2,1-2H3/t14-,19-/m0/s1. The summed E-state index contributed by atoms with van der Waals surface area (Å²) in [5.41, 5.74) is 3.92. The monoisotopic (exact) mass is 297 g/mol. The molecule has 0 unspecified atom stereocenters. The van der Waals surface area contributed by atoms with Crippen LogP contribution in [0.2, 0.25) is 0 Å². The topological polar surface area (TPSA) is 32.7 Å². The van der Waals surface area contributed by atoms with Crippen molar-refractivity contribution in [3.05, 3.63) is 59.7 Å². The molecule has 0 fully saturated rings. The second-order valence-corrected chi connectivity index (χ2v) is 5.94. The van der Waals surface area contributed by atoms with Gasteiger partial charge in [0.05, 0.1) is 13.2 Å². The molecule has 0 bridgehead atoms. The van der Waals surface area contributed by atoms with Crippen LogP contribution in [0, 0.1) is 5.92 Å². The van der Waals surface area contributed by atoms with Gasteiger partial charge in [-0.15, -0.1) is 0 Å². The van der Waals surface area contributed by atoms with Gasteiger partial charge in [0.25, 0.3) is 0 Å². The first-order valence-electron chi connectivity index (χ1n) is 7.84. The zero-order chi connectivity index (χ0) is 15.5. The summed E-state index contributed by atoms with van der Waals surface area (Å²) in [5, 5.41) is 9.71. The van der Waals surface area contributed by atoms with Gasteiger partial charge in [-0.2, -0.15) is 0 Å². The van der Waals surface area contributed by atoms with E-state index in [0.29, 0.717) is 0 Å². The molecule has 1 aliphatic heterocycles. The van der Waals surface area contributed by atoms with E-state index < -0.39 is 0 Å². The average molecular weight is 297 g/mol. The normalized spacial score (nSPS) is 18.7. The molecule has 2 aromatic rings. The molecule has 3 nitrogen and oxygen atoms in total. The van der Waals surface area contributed by atoms with Gasteiger partial charge in [0.15, 0.2) is 0 Å². The fraction of sp³-hybridized carbons (Fsp3) is 0.368. The minimum atomic E-state index is 0.184. The second-order valence-electron chi connectivity index (χ2n) is 5.94. The maximum Gasteiger partial charge on any atom is 0.119 e. The van der Waals surface area contributed by atoms with E-state index in [1.165, 1.54) is 16.8 Å². The number of fused-ring (bicyclic) bond motifs is 1. The summed E-state index contributed by atoms with van der Waals surface area (Å²) in [5.74, 6) is 1.05. The summed E-state index contributed by atoms with van der Waals surface area (Å²) in [6.07, 6.45) is 1.04. The lowest BCUT2D eigenvalue weighted by Crippen LogP contribution is -2.39. The number of anilines is 1. The molecule has 0 saturated heterocycles. The third-order valence-electron chi connectivity index (χ3n) is 4.56. The van der Waals surface area contributed by atoms with Crippen LogP contribution in [0.3, 0.4) is 0 Å². The van der Waals surface area contributed by atoms with Crippen molar-refractivity contribution in [1.82, 2.24) is 0 Å². The van der Waals surface area contributed by atoms with Crippen molar-refractivity contribution in [3.63, 3.8) is 0 Å². The molecule has 1 heterocycles. The van der Waals surface area contributed by atoms with Gasteiger partial charge in [-0.05, 0) is 41.8 Å². The summed E-state index contributed by atoms with van der Waals surface area (Å²) in [6.45, 7) is 3.27. The Kier molecular flexibility index (Phi) is 4.34. The Labute approximate surface area is 132 Å². The highest BCUT2D eigenvalue weighted by atomic mass is 16.5. The Morgan fingerprint density at radius 1 is 1.18 bits per heavy atom. The molecular formula is C19H23NO2. The Morgan fingerprint density at radius 2 is 1.91 bits per heavy atom. The fourth-order valence-corrected chi connectivity index (χ4v) is 3.38. The van der Waals surface area contributed by atoms with E-state index in [9.17, 15) is 5.11 Å². The lowest BCUT2D eigenvalue weighted by Gasteiger charge is -2.42. The van der Waals surface area contributed by atoms with Gasteiger partial charge >= 0.3 is 0 Å². The minimum Gasteiger partial charge on any atom is -0.497 e. The lowest BCUT2D eigenvalue weighted by molar-refractivity contribution is 0.210. The number of aliphatic hydroxyl groups excluding tert-OH is 1. The molecule has 0 amide bonds. The zero-order valence-electron chi connectivity index (χ0n) is 13.2. The molecule has 0 aliphatic carbocycles. The third-order valence-corrected chi connectivity index (χ3v) is 4.56. The van der Waals surface area contributed by atoms with Crippen LogP contribution in [0.4, 0.5) is 5.69 Å². The van der Waals surface area contributed by atoms with Gasteiger partial charge < -0.3 is 14.7 Å². The zero-order valence-corrected chi connectivity index (χ0v) is 13.2. The van der Waals surface area contributed by atoms with Gasteiger partial charge in [0.1, 0.15) is 5.75 Å². The average Bonchev–Trinajstić information content (AvgIpc) is 2.60. The van der Waals surface area contributed by atoms with E-state index in [2.05, 4.69) is 48.2 Å². The number of ether oxygens (including phenoxy) is 1. The van der Waals surface area contributed by atoms with E-state index in [-0.39, 0.29) is 18.6 Å². The summed E-state index contributed by atoms with van der Waals surface area (Å²) in [7, 11) is 1.68. The Balaban J connectivity index is 1.99. The lowest BCUT2D eigenvalue weighted by atomic mass is 9.85. The SMILES string of the molecule is COc1ccc(N2CCc3ccccc3[C@@H]2[C@@H](C)CO)cc1. The van der Waals surface area contributed by atoms with Crippen LogP contribution in [0.25, 0.3) is 0 Å². The van der Waals surface area contributed by atoms with Gasteiger partial charge in [0, 0.05) is 24.8 Å². The van der Waals surface area contributed by atoms with Crippen LogP contribution in [0.1, 0.15) is 24.1 Å². The van der Waals surface area contributed by atoms with Gasteiger partial charge in [-0.25, -0.2) is 0 Å². The molecule has 0 spiro atoms. The van der Waals surface area contributed by atoms with Crippen molar-refractivity contribution < 1.29 is 9.84 Å². The molecule has 1 N–H and O–H groups in total. The van der Waals surface area contributed by atoms with Crippen LogP contribution >= 0.6 is 0 Å². The molecule has 1 aliphatic rings. The van der Waals surface area contributed by atoms with Crippen molar-refractivity contribution in [2.75, 3.05) is 25.2 Å².